The van der Waals surface area contributed by atoms with Crippen molar-refractivity contribution in [1.29, 1.82) is 0 Å². The second-order valence-electron chi connectivity index (χ2n) is 5.74. The fourth-order valence-corrected chi connectivity index (χ4v) is 3.00. The monoisotopic (exact) mass is 338 g/mol. The van der Waals surface area contributed by atoms with Crippen molar-refractivity contribution >= 4 is 5.95 Å². The normalized spacial score (nSPS) is 15.8. The second kappa shape index (κ2) is 6.27. The highest BCUT2D eigenvalue weighted by Crippen LogP contribution is 2.32. The van der Waals surface area contributed by atoms with Gasteiger partial charge in [-0.1, -0.05) is 30.3 Å². The van der Waals surface area contributed by atoms with Gasteiger partial charge in [-0.25, -0.2) is 4.98 Å². The van der Waals surface area contributed by atoms with Crippen LogP contribution in [-0.2, 0) is 13.0 Å². The highest BCUT2D eigenvalue weighted by Gasteiger charge is 2.35. The number of aromatic nitrogens is 2. The van der Waals surface area contributed by atoms with Gasteiger partial charge in [0.05, 0.1) is 18.2 Å². The van der Waals surface area contributed by atoms with E-state index in [2.05, 4.69) is 10.3 Å². The van der Waals surface area contributed by atoms with Crippen LogP contribution in [0, 0.1) is 0 Å². The molecule has 1 aromatic heterocycles. The lowest BCUT2D eigenvalue weighted by Gasteiger charge is -2.25. The molecule has 1 atom stereocenters. The summed E-state index contributed by atoms with van der Waals surface area (Å²) in [6, 6.07) is 6.86. The summed E-state index contributed by atoms with van der Waals surface area (Å²) in [6.45, 7) is 0.980. The summed E-state index contributed by atoms with van der Waals surface area (Å²) in [5.41, 5.74) is 6.69. The van der Waals surface area contributed by atoms with Gasteiger partial charge in [-0.2, -0.15) is 13.2 Å². The van der Waals surface area contributed by atoms with Gasteiger partial charge < -0.3 is 11.1 Å². The molecule has 0 saturated heterocycles. The van der Waals surface area contributed by atoms with Crippen molar-refractivity contribution < 1.29 is 13.2 Å². The van der Waals surface area contributed by atoms with Gasteiger partial charge in [0, 0.05) is 12.1 Å². The molecule has 1 aliphatic heterocycles. The number of nitrogen functional groups attached to an aromatic ring is 1. The number of halogens is 3. The maximum Gasteiger partial charge on any atom is 0.391 e. The Bertz CT molecular complexity index is 786. The van der Waals surface area contributed by atoms with Crippen molar-refractivity contribution in [3.63, 3.8) is 0 Å². The minimum atomic E-state index is -4.44. The van der Waals surface area contributed by atoms with Crippen LogP contribution >= 0.6 is 0 Å². The van der Waals surface area contributed by atoms with Crippen LogP contribution in [0.15, 0.2) is 35.1 Å². The van der Waals surface area contributed by atoms with Gasteiger partial charge in [0.15, 0.2) is 0 Å². The second-order valence-corrected chi connectivity index (χ2v) is 5.74. The van der Waals surface area contributed by atoms with Crippen LogP contribution < -0.4 is 16.6 Å². The van der Waals surface area contributed by atoms with Gasteiger partial charge in [-0.15, -0.1) is 0 Å². The number of hydrogen-bond donors (Lipinski definition) is 2. The molecule has 1 aromatic carbocycles. The number of nitrogens with one attached hydrogen (secondary N) is 1. The minimum Gasteiger partial charge on any atom is -0.369 e. The number of fused-ring (bicyclic) bond motifs is 1. The Balaban J connectivity index is 2.16. The summed E-state index contributed by atoms with van der Waals surface area (Å²) >= 11 is 0. The van der Waals surface area contributed by atoms with Crippen LogP contribution in [0.25, 0.3) is 0 Å². The van der Waals surface area contributed by atoms with E-state index in [1.807, 2.05) is 0 Å². The van der Waals surface area contributed by atoms with Crippen LogP contribution in [0.3, 0.4) is 0 Å². The summed E-state index contributed by atoms with van der Waals surface area (Å²) in [5.74, 6) is -0.194. The maximum absolute atomic E-state index is 13.1. The zero-order chi connectivity index (χ0) is 17.3. The molecule has 128 valence electrons. The number of anilines is 1. The van der Waals surface area contributed by atoms with Gasteiger partial charge in [-0.3, -0.25) is 9.36 Å². The average molecular weight is 338 g/mol. The SMILES string of the molecule is Nc1nc2c(c(=O)n1C(CC(F)(F)F)c1ccccc1)CCNC2. The zero-order valence-corrected chi connectivity index (χ0v) is 12.8. The summed E-state index contributed by atoms with van der Waals surface area (Å²) in [7, 11) is 0. The van der Waals surface area contributed by atoms with Crippen molar-refractivity contribution in [1.82, 2.24) is 14.9 Å². The van der Waals surface area contributed by atoms with Gasteiger partial charge in [0.2, 0.25) is 5.95 Å². The molecule has 1 aliphatic rings. The number of alkyl halides is 3. The standard InChI is InChI=1S/C16H17F3N4O/c17-16(18,19)8-13(10-4-2-1-3-5-10)23-14(24)11-6-7-21-9-12(11)22-15(23)20/h1-5,13,21H,6-9H2,(H2,20,22). The fraction of sp³-hybridized carbons (Fsp3) is 0.375. The summed E-state index contributed by atoms with van der Waals surface area (Å²) in [6.07, 6.45) is -5.20. The highest BCUT2D eigenvalue weighted by molar-refractivity contribution is 5.32. The van der Waals surface area contributed by atoms with Crippen molar-refractivity contribution in [2.24, 2.45) is 0 Å². The first kappa shape index (κ1) is 16.5. The van der Waals surface area contributed by atoms with Crippen molar-refractivity contribution in [3.8, 4) is 0 Å². The first-order valence-electron chi connectivity index (χ1n) is 7.59. The largest absolute Gasteiger partial charge is 0.391 e. The fourth-order valence-electron chi connectivity index (χ4n) is 3.00. The van der Waals surface area contributed by atoms with E-state index in [1.165, 1.54) is 0 Å². The van der Waals surface area contributed by atoms with E-state index in [0.717, 1.165) is 4.57 Å². The van der Waals surface area contributed by atoms with E-state index >= 15 is 0 Å². The number of benzene rings is 1. The van der Waals surface area contributed by atoms with Crippen LogP contribution in [0.1, 0.15) is 29.3 Å². The van der Waals surface area contributed by atoms with Gasteiger partial charge >= 0.3 is 6.18 Å². The first-order valence-corrected chi connectivity index (χ1v) is 7.59. The number of nitrogens with zero attached hydrogens (tertiary/aromatic N) is 2. The van der Waals surface area contributed by atoms with E-state index in [1.54, 1.807) is 30.3 Å². The highest BCUT2D eigenvalue weighted by atomic mass is 19.4. The minimum absolute atomic E-state index is 0.194. The molecule has 5 nitrogen and oxygen atoms in total. The first-order chi connectivity index (χ1) is 11.4. The molecule has 0 radical (unpaired) electrons. The Morgan fingerprint density at radius 3 is 2.67 bits per heavy atom. The van der Waals surface area contributed by atoms with Gasteiger partial charge in [-0.05, 0) is 18.5 Å². The molecule has 2 aromatic rings. The molecule has 3 N–H and O–H groups in total. The van der Waals surface area contributed by atoms with E-state index < -0.39 is 24.2 Å². The molecule has 24 heavy (non-hydrogen) atoms. The lowest BCUT2D eigenvalue weighted by Crippen LogP contribution is -2.38. The average Bonchev–Trinajstić information content (AvgIpc) is 2.53. The number of nitrogens with two attached hydrogens (primary N) is 1. The Kier molecular flexibility index (Phi) is 4.31. The number of hydrogen-bond acceptors (Lipinski definition) is 4. The van der Waals surface area contributed by atoms with E-state index in [0.29, 0.717) is 36.3 Å². The Hall–Kier alpha value is -2.35. The molecular weight excluding hydrogens is 321 g/mol. The third-order valence-corrected chi connectivity index (χ3v) is 4.09. The predicted molar refractivity (Wildman–Crippen MR) is 83.6 cm³/mol. The van der Waals surface area contributed by atoms with Crippen LogP contribution in [0.5, 0.6) is 0 Å². The maximum atomic E-state index is 13.1. The lowest BCUT2D eigenvalue weighted by atomic mass is 10.0. The molecule has 0 fully saturated rings. The van der Waals surface area contributed by atoms with E-state index in [4.69, 9.17) is 5.73 Å². The van der Waals surface area contributed by atoms with E-state index in [-0.39, 0.29) is 5.95 Å². The summed E-state index contributed by atoms with van der Waals surface area (Å²) in [5, 5.41) is 3.07. The number of rotatable bonds is 3. The summed E-state index contributed by atoms with van der Waals surface area (Å²) in [4.78, 5) is 16.9. The van der Waals surface area contributed by atoms with Gasteiger partial charge in [0.1, 0.15) is 0 Å². The topological polar surface area (TPSA) is 72.9 Å². The summed E-state index contributed by atoms with van der Waals surface area (Å²) < 4.78 is 40.3. The van der Waals surface area contributed by atoms with Gasteiger partial charge in [0.25, 0.3) is 5.56 Å². The Labute approximate surface area is 136 Å². The molecule has 3 rings (SSSR count). The Morgan fingerprint density at radius 2 is 2.00 bits per heavy atom. The van der Waals surface area contributed by atoms with Crippen molar-refractivity contribution in [2.45, 2.75) is 31.6 Å². The van der Waals surface area contributed by atoms with Crippen LogP contribution in [0.2, 0.25) is 0 Å². The van der Waals surface area contributed by atoms with Crippen LogP contribution in [-0.4, -0.2) is 22.3 Å². The molecule has 8 heteroatoms. The quantitative estimate of drug-likeness (QED) is 0.898. The third-order valence-electron chi connectivity index (χ3n) is 4.09. The molecule has 0 bridgehead atoms. The molecule has 1 unspecified atom stereocenters. The molecular formula is C16H17F3N4O. The van der Waals surface area contributed by atoms with Crippen molar-refractivity contribution in [2.75, 3.05) is 12.3 Å². The van der Waals surface area contributed by atoms with Crippen LogP contribution in [0.4, 0.5) is 19.1 Å². The molecule has 0 saturated carbocycles. The smallest absolute Gasteiger partial charge is 0.369 e. The molecule has 0 spiro atoms. The molecule has 2 heterocycles. The van der Waals surface area contributed by atoms with E-state index in [9.17, 15) is 18.0 Å². The lowest BCUT2D eigenvalue weighted by molar-refractivity contribution is -0.140. The molecule has 0 aliphatic carbocycles. The Morgan fingerprint density at radius 1 is 1.29 bits per heavy atom. The predicted octanol–water partition coefficient (Wildman–Crippen LogP) is 2.01. The molecule has 0 amide bonds. The van der Waals surface area contributed by atoms with Crippen molar-refractivity contribution in [3.05, 3.63) is 57.5 Å². The zero-order valence-electron chi connectivity index (χ0n) is 12.8. The third kappa shape index (κ3) is 3.28.